The maximum absolute atomic E-state index is 12.5. The molecule has 3 N–H and O–H groups in total. The minimum absolute atomic E-state index is 0.116. The van der Waals surface area contributed by atoms with Crippen LogP contribution in [0.3, 0.4) is 0 Å². The number of urea groups is 1. The molecule has 5 nitrogen and oxygen atoms in total. The lowest BCUT2D eigenvalue weighted by atomic mass is 9.93. The van der Waals surface area contributed by atoms with Crippen LogP contribution >= 0.6 is 0 Å². The predicted molar refractivity (Wildman–Crippen MR) is 94.6 cm³/mol. The van der Waals surface area contributed by atoms with E-state index in [0.29, 0.717) is 24.9 Å². The van der Waals surface area contributed by atoms with E-state index in [9.17, 15) is 9.59 Å². The quantitative estimate of drug-likeness (QED) is 0.837. The average Bonchev–Trinajstić information content (AvgIpc) is 2.97. The van der Waals surface area contributed by atoms with Crippen LogP contribution in [0.1, 0.15) is 57.7 Å². The van der Waals surface area contributed by atoms with Crippen molar-refractivity contribution < 1.29 is 14.9 Å². The van der Waals surface area contributed by atoms with E-state index < -0.39 is 0 Å². The van der Waals surface area contributed by atoms with Crippen molar-refractivity contribution in [3.63, 3.8) is 0 Å². The second kappa shape index (κ2) is 7.79. The number of rotatable bonds is 6. The van der Waals surface area contributed by atoms with Crippen molar-refractivity contribution in [3.8, 4) is 0 Å². The lowest BCUT2D eigenvalue weighted by molar-refractivity contribution is -0.719. The van der Waals surface area contributed by atoms with Crippen molar-refractivity contribution in [2.45, 2.75) is 52.6 Å². The molecule has 0 aliphatic carbocycles. The summed E-state index contributed by atoms with van der Waals surface area (Å²) in [5.74, 6) is 0.779. The van der Waals surface area contributed by atoms with E-state index in [1.54, 1.807) is 0 Å². The highest BCUT2D eigenvalue weighted by molar-refractivity contribution is 5.97. The van der Waals surface area contributed by atoms with Crippen molar-refractivity contribution in [1.29, 1.82) is 0 Å². The van der Waals surface area contributed by atoms with Gasteiger partial charge in [-0.05, 0) is 18.4 Å². The number of nitrogens with one attached hydrogen (secondary N) is 1. The van der Waals surface area contributed by atoms with Gasteiger partial charge in [0.25, 0.3) is 5.91 Å². The number of imide groups is 1. The Labute approximate surface area is 144 Å². The standard InChI is InChI=1S/C19H29N3O2/c1-12(2)15-6-8-16(9-7-15)17(13(3)4)21-14(5)18(23)22-11-10-20-19(22)24/h6-9,12-14,17,21H,10-11H2,1-5H3,(H,20,24)/p+1/t14-,17-/m1/s1. The van der Waals surface area contributed by atoms with Crippen LogP contribution in [-0.2, 0) is 4.79 Å². The fourth-order valence-electron chi connectivity index (χ4n) is 3.14. The average molecular weight is 332 g/mol. The first-order valence-electron chi connectivity index (χ1n) is 8.85. The second-order valence-corrected chi connectivity index (χ2v) is 7.29. The molecule has 0 radical (unpaired) electrons. The molecule has 1 aromatic rings. The van der Waals surface area contributed by atoms with E-state index >= 15 is 0 Å². The SMILES string of the molecule is CC(C)c1ccc([C@H]([NH2+][C@H](C)C(=O)N2CCNC2=O)C(C)C)cc1. The van der Waals surface area contributed by atoms with Gasteiger partial charge in [-0.25, -0.2) is 4.79 Å². The Bertz CT molecular complexity index is 581. The maximum Gasteiger partial charge on any atom is 0.324 e. The molecule has 1 fully saturated rings. The van der Waals surface area contributed by atoms with Gasteiger partial charge in [0.2, 0.25) is 0 Å². The number of carbonyl (C=O) groups excluding carboxylic acids is 2. The normalized spacial score (nSPS) is 17.3. The molecular weight excluding hydrogens is 302 g/mol. The van der Waals surface area contributed by atoms with Crippen molar-refractivity contribution in [2.24, 2.45) is 5.92 Å². The number of amides is 3. The van der Waals surface area contributed by atoms with Gasteiger partial charge < -0.3 is 10.6 Å². The van der Waals surface area contributed by atoms with Gasteiger partial charge >= 0.3 is 6.03 Å². The molecule has 0 aromatic heterocycles. The topological polar surface area (TPSA) is 66.0 Å². The Hall–Kier alpha value is -1.88. The van der Waals surface area contributed by atoms with E-state index in [1.807, 2.05) is 6.92 Å². The number of nitrogens with zero attached hydrogens (tertiary/aromatic N) is 1. The molecule has 0 spiro atoms. The van der Waals surface area contributed by atoms with E-state index in [0.717, 1.165) is 0 Å². The van der Waals surface area contributed by atoms with Gasteiger partial charge in [0.1, 0.15) is 6.04 Å². The number of nitrogens with two attached hydrogens (primary N) is 1. The first kappa shape index (κ1) is 18.5. The summed E-state index contributed by atoms with van der Waals surface area (Å²) >= 11 is 0. The Morgan fingerprint density at radius 3 is 2.12 bits per heavy atom. The number of hydrogen-bond acceptors (Lipinski definition) is 2. The number of quaternary nitrogens is 1. The summed E-state index contributed by atoms with van der Waals surface area (Å²) < 4.78 is 0. The molecule has 0 unspecified atom stereocenters. The third-order valence-corrected chi connectivity index (χ3v) is 4.71. The van der Waals surface area contributed by atoms with E-state index in [2.05, 4.69) is 62.6 Å². The first-order chi connectivity index (χ1) is 11.3. The zero-order chi connectivity index (χ0) is 17.9. The summed E-state index contributed by atoms with van der Waals surface area (Å²) in [5, 5.41) is 4.77. The van der Waals surface area contributed by atoms with Crippen LogP contribution in [0.4, 0.5) is 4.79 Å². The van der Waals surface area contributed by atoms with E-state index in [4.69, 9.17) is 0 Å². The highest BCUT2D eigenvalue weighted by Crippen LogP contribution is 2.21. The monoisotopic (exact) mass is 332 g/mol. The summed E-state index contributed by atoms with van der Waals surface area (Å²) in [4.78, 5) is 25.5. The maximum atomic E-state index is 12.5. The van der Waals surface area contributed by atoms with Gasteiger partial charge in [-0.2, -0.15) is 0 Å². The van der Waals surface area contributed by atoms with Crippen LogP contribution in [0.5, 0.6) is 0 Å². The molecule has 1 aliphatic heterocycles. The third-order valence-electron chi connectivity index (χ3n) is 4.71. The highest BCUT2D eigenvalue weighted by atomic mass is 16.2. The molecule has 2 rings (SSSR count). The molecule has 0 saturated carbocycles. The van der Waals surface area contributed by atoms with Crippen molar-refractivity contribution in [2.75, 3.05) is 13.1 Å². The lowest BCUT2D eigenvalue weighted by Crippen LogP contribution is -2.93. The fourth-order valence-corrected chi connectivity index (χ4v) is 3.14. The fraction of sp³-hybridized carbons (Fsp3) is 0.579. The zero-order valence-electron chi connectivity index (χ0n) is 15.4. The summed E-state index contributed by atoms with van der Waals surface area (Å²) in [6.07, 6.45) is 0. The largest absolute Gasteiger partial charge is 0.336 e. The van der Waals surface area contributed by atoms with Crippen LogP contribution in [0.25, 0.3) is 0 Å². The molecule has 1 heterocycles. The van der Waals surface area contributed by atoms with Crippen LogP contribution in [0.2, 0.25) is 0 Å². The van der Waals surface area contributed by atoms with E-state index in [-0.39, 0.29) is 24.0 Å². The Morgan fingerprint density at radius 1 is 1.08 bits per heavy atom. The van der Waals surface area contributed by atoms with Crippen molar-refractivity contribution in [1.82, 2.24) is 10.2 Å². The smallest absolute Gasteiger partial charge is 0.324 e. The Kier molecular flexibility index (Phi) is 5.99. The predicted octanol–water partition coefficient (Wildman–Crippen LogP) is 2.01. The van der Waals surface area contributed by atoms with Crippen LogP contribution in [0, 0.1) is 5.92 Å². The van der Waals surface area contributed by atoms with Gasteiger partial charge in [-0.15, -0.1) is 0 Å². The molecule has 1 saturated heterocycles. The van der Waals surface area contributed by atoms with Gasteiger partial charge in [-0.1, -0.05) is 52.0 Å². The molecule has 24 heavy (non-hydrogen) atoms. The molecule has 0 bridgehead atoms. The van der Waals surface area contributed by atoms with Crippen LogP contribution < -0.4 is 10.6 Å². The molecule has 1 aliphatic rings. The first-order valence-corrected chi connectivity index (χ1v) is 8.85. The number of hydrogen-bond donors (Lipinski definition) is 2. The summed E-state index contributed by atoms with van der Waals surface area (Å²) in [6, 6.07) is 8.30. The molecular formula is C19H30N3O2+. The zero-order valence-corrected chi connectivity index (χ0v) is 15.4. The van der Waals surface area contributed by atoms with Crippen LogP contribution in [0.15, 0.2) is 24.3 Å². The van der Waals surface area contributed by atoms with Crippen molar-refractivity contribution >= 4 is 11.9 Å². The second-order valence-electron chi connectivity index (χ2n) is 7.29. The highest BCUT2D eigenvalue weighted by Gasteiger charge is 2.34. The van der Waals surface area contributed by atoms with E-state index in [1.165, 1.54) is 16.0 Å². The molecule has 5 heteroatoms. The van der Waals surface area contributed by atoms with Gasteiger partial charge in [0.05, 0.1) is 0 Å². The molecule has 2 atom stereocenters. The minimum atomic E-state index is -0.286. The minimum Gasteiger partial charge on any atom is -0.336 e. The molecule has 3 amide bonds. The number of benzene rings is 1. The van der Waals surface area contributed by atoms with Gasteiger partial charge in [-0.3, -0.25) is 9.69 Å². The molecule has 132 valence electrons. The third kappa shape index (κ3) is 4.15. The summed E-state index contributed by atoms with van der Waals surface area (Å²) in [6.45, 7) is 11.6. The van der Waals surface area contributed by atoms with Gasteiger partial charge in [0, 0.05) is 24.6 Å². The van der Waals surface area contributed by atoms with Gasteiger partial charge in [0.15, 0.2) is 6.04 Å². The molecule has 1 aromatic carbocycles. The van der Waals surface area contributed by atoms with Crippen molar-refractivity contribution in [3.05, 3.63) is 35.4 Å². The van der Waals surface area contributed by atoms with Crippen LogP contribution in [-0.4, -0.2) is 36.0 Å². The Morgan fingerprint density at radius 2 is 1.67 bits per heavy atom. The summed E-state index contributed by atoms with van der Waals surface area (Å²) in [5.41, 5.74) is 2.54. The number of carbonyl (C=O) groups is 2. The Balaban J connectivity index is 2.10. The summed E-state index contributed by atoms with van der Waals surface area (Å²) in [7, 11) is 0. The lowest BCUT2D eigenvalue weighted by Gasteiger charge is -2.25.